The second kappa shape index (κ2) is 3.45. The van der Waals surface area contributed by atoms with Crippen molar-refractivity contribution >= 4 is 23.4 Å². The number of aromatic nitrogens is 4. The molecule has 1 aliphatic carbocycles. The first-order chi connectivity index (χ1) is 7.66. The van der Waals surface area contributed by atoms with E-state index in [0.717, 1.165) is 34.1 Å². The molecule has 0 aromatic carbocycles. The van der Waals surface area contributed by atoms with Crippen molar-refractivity contribution in [2.45, 2.75) is 32.7 Å². The fourth-order valence-corrected chi connectivity index (χ4v) is 2.74. The highest BCUT2D eigenvalue weighted by Gasteiger charge is 2.21. The third-order valence-corrected chi connectivity index (χ3v) is 3.91. The number of nitrogens with one attached hydrogen (secondary N) is 1. The van der Waals surface area contributed by atoms with Crippen molar-refractivity contribution < 1.29 is 0 Å². The Hall–Kier alpha value is -1.10. The quantitative estimate of drug-likeness (QED) is 0.814. The molecule has 0 atom stereocenters. The number of hydrogen-bond donors (Lipinski definition) is 1. The van der Waals surface area contributed by atoms with Crippen LogP contribution >= 0.6 is 12.2 Å². The van der Waals surface area contributed by atoms with Crippen LogP contribution in [0.4, 0.5) is 0 Å². The van der Waals surface area contributed by atoms with Gasteiger partial charge in [-0.2, -0.15) is 5.10 Å². The predicted molar refractivity (Wildman–Crippen MR) is 66.0 cm³/mol. The van der Waals surface area contributed by atoms with Gasteiger partial charge in [-0.3, -0.25) is 4.68 Å². The van der Waals surface area contributed by atoms with E-state index in [2.05, 4.69) is 14.6 Å². The van der Waals surface area contributed by atoms with Gasteiger partial charge in [-0.25, -0.2) is 0 Å². The Labute approximate surface area is 99.3 Å². The van der Waals surface area contributed by atoms with Crippen molar-refractivity contribution in [1.82, 2.24) is 19.3 Å². The fourth-order valence-electron chi connectivity index (χ4n) is 2.48. The largest absolute Gasteiger partial charge is 0.328 e. The topological polar surface area (TPSA) is 38.5 Å². The molecule has 0 aliphatic heterocycles. The summed E-state index contributed by atoms with van der Waals surface area (Å²) in [6.07, 6.45) is 4.05. The monoisotopic (exact) mass is 236 g/mol. The molecule has 16 heavy (non-hydrogen) atoms. The Morgan fingerprint density at radius 3 is 2.88 bits per heavy atom. The van der Waals surface area contributed by atoms with Crippen molar-refractivity contribution in [3.63, 3.8) is 0 Å². The van der Waals surface area contributed by atoms with Gasteiger partial charge in [0.15, 0.2) is 10.4 Å². The zero-order valence-corrected chi connectivity index (χ0v) is 10.5. The van der Waals surface area contributed by atoms with Crippen LogP contribution < -0.4 is 0 Å². The van der Waals surface area contributed by atoms with Gasteiger partial charge in [0.1, 0.15) is 5.52 Å². The van der Waals surface area contributed by atoms with Gasteiger partial charge in [-0.1, -0.05) is 6.42 Å². The normalized spacial score (nSPS) is 16.9. The minimum Gasteiger partial charge on any atom is -0.328 e. The van der Waals surface area contributed by atoms with Crippen LogP contribution in [0.2, 0.25) is 0 Å². The lowest BCUT2D eigenvalue weighted by molar-refractivity contribution is 0.277. The Kier molecular flexibility index (Phi) is 2.17. The second-order valence-electron chi connectivity index (χ2n) is 4.75. The fraction of sp³-hybridized carbons (Fsp3) is 0.636. The van der Waals surface area contributed by atoms with E-state index in [0.29, 0.717) is 0 Å². The van der Waals surface area contributed by atoms with Gasteiger partial charge < -0.3 is 9.55 Å². The lowest BCUT2D eigenvalue weighted by Gasteiger charge is -2.25. The van der Waals surface area contributed by atoms with Crippen LogP contribution in [0.1, 0.15) is 25.0 Å². The van der Waals surface area contributed by atoms with E-state index in [1.807, 2.05) is 18.7 Å². The zero-order chi connectivity index (χ0) is 11.3. The Morgan fingerprint density at radius 1 is 1.50 bits per heavy atom. The average molecular weight is 236 g/mol. The molecule has 2 aromatic rings. The molecule has 5 heteroatoms. The van der Waals surface area contributed by atoms with E-state index in [-0.39, 0.29) is 0 Å². The third-order valence-electron chi connectivity index (χ3n) is 3.59. The standard InChI is InChI=1S/C11H16N4S/c1-7-9-10(14(2)13-7)15(11(16)12-9)6-8-4-3-5-8/h8H,3-6H2,1-2H3,(H,12,16). The van der Waals surface area contributed by atoms with Crippen LogP contribution in [0.5, 0.6) is 0 Å². The second-order valence-corrected chi connectivity index (χ2v) is 5.13. The van der Waals surface area contributed by atoms with Gasteiger partial charge in [-0.05, 0) is 37.9 Å². The number of fused-ring (bicyclic) bond motifs is 1. The minimum absolute atomic E-state index is 0.806. The Morgan fingerprint density at radius 2 is 2.25 bits per heavy atom. The molecule has 0 bridgehead atoms. The molecule has 0 saturated heterocycles. The number of aromatic amines is 1. The van der Waals surface area contributed by atoms with Gasteiger partial charge in [0.25, 0.3) is 0 Å². The summed E-state index contributed by atoms with van der Waals surface area (Å²) in [7, 11) is 1.98. The molecule has 2 heterocycles. The van der Waals surface area contributed by atoms with Crippen LogP contribution in [0, 0.1) is 17.6 Å². The maximum absolute atomic E-state index is 5.38. The van der Waals surface area contributed by atoms with Gasteiger partial charge >= 0.3 is 0 Å². The van der Waals surface area contributed by atoms with Crippen LogP contribution in [0.3, 0.4) is 0 Å². The van der Waals surface area contributed by atoms with Gasteiger partial charge in [0, 0.05) is 13.6 Å². The van der Waals surface area contributed by atoms with E-state index >= 15 is 0 Å². The maximum atomic E-state index is 5.38. The highest BCUT2D eigenvalue weighted by atomic mass is 32.1. The molecule has 4 nitrogen and oxygen atoms in total. The van der Waals surface area contributed by atoms with Crippen LogP contribution in [-0.4, -0.2) is 19.3 Å². The number of hydrogen-bond acceptors (Lipinski definition) is 2. The molecule has 86 valence electrons. The molecular formula is C11H16N4S. The number of nitrogens with zero attached hydrogens (tertiary/aromatic N) is 3. The van der Waals surface area contributed by atoms with E-state index in [1.54, 1.807) is 0 Å². The molecule has 0 amide bonds. The van der Waals surface area contributed by atoms with Gasteiger partial charge in [-0.15, -0.1) is 0 Å². The number of rotatable bonds is 2. The first-order valence-corrected chi connectivity index (χ1v) is 6.19. The smallest absolute Gasteiger partial charge is 0.179 e. The average Bonchev–Trinajstić information content (AvgIpc) is 2.61. The lowest BCUT2D eigenvalue weighted by Crippen LogP contribution is -2.18. The van der Waals surface area contributed by atoms with Crippen molar-refractivity contribution in [1.29, 1.82) is 0 Å². The summed E-state index contributed by atoms with van der Waals surface area (Å²) in [6, 6.07) is 0. The van der Waals surface area contributed by atoms with E-state index in [4.69, 9.17) is 12.2 Å². The van der Waals surface area contributed by atoms with Gasteiger partial charge in [0.05, 0.1) is 5.69 Å². The summed E-state index contributed by atoms with van der Waals surface area (Å²) in [5.41, 5.74) is 3.25. The summed E-state index contributed by atoms with van der Waals surface area (Å²) < 4.78 is 4.96. The van der Waals surface area contributed by atoms with Gasteiger partial charge in [0.2, 0.25) is 0 Å². The van der Waals surface area contributed by atoms with Crippen molar-refractivity contribution in [3.05, 3.63) is 10.5 Å². The first-order valence-electron chi connectivity index (χ1n) is 5.79. The number of H-pyrrole nitrogens is 1. The Balaban J connectivity index is 2.13. The molecular weight excluding hydrogens is 220 g/mol. The molecule has 1 saturated carbocycles. The molecule has 1 N–H and O–H groups in total. The van der Waals surface area contributed by atoms with Crippen LogP contribution in [0.25, 0.3) is 11.2 Å². The summed E-state index contributed by atoms with van der Waals surface area (Å²) in [5, 5.41) is 4.42. The summed E-state index contributed by atoms with van der Waals surface area (Å²) in [6.45, 7) is 3.05. The highest BCUT2D eigenvalue weighted by Crippen LogP contribution is 2.29. The number of imidazole rings is 1. The van der Waals surface area contributed by atoms with E-state index in [1.165, 1.54) is 19.3 Å². The molecule has 0 radical (unpaired) electrons. The molecule has 1 fully saturated rings. The predicted octanol–water partition coefficient (Wildman–Crippen LogP) is 2.54. The third kappa shape index (κ3) is 1.34. The summed E-state index contributed by atoms with van der Waals surface area (Å²) in [4.78, 5) is 3.26. The summed E-state index contributed by atoms with van der Waals surface area (Å²) >= 11 is 5.38. The lowest BCUT2D eigenvalue weighted by atomic mass is 9.85. The molecule has 0 unspecified atom stereocenters. The van der Waals surface area contributed by atoms with Crippen molar-refractivity contribution in [3.8, 4) is 0 Å². The molecule has 0 spiro atoms. The molecule has 2 aromatic heterocycles. The molecule has 3 rings (SSSR count). The maximum Gasteiger partial charge on any atom is 0.179 e. The zero-order valence-electron chi connectivity index (χ0n) is 9.66. The first kappa shape index (κ1) is 10.1. The van der Waals surface area contributed by atoms with Crippen LogP contribution in [0.15, 0.2) is 0 Å². The van der Waals surface area contributed by atoms with E-state index < -0.39 is 0 Å². The molecule has 1 aliphatic rings. The van der Waals surface area contributed by atoms with Crippen molar-refractivity contribution in [2.75, 3.05) is 0 Å². The minimum atomic E-state index is 0.806. The highest BCUT2D eigenvalue weighted by molar-refractivity contribution is 7.71. The van der Waals surface area contributed by atoms with Crippen molar-refractivity contribution in [2.24, 2.45) is 13.0 Å². The van der Waals surface area contributed by atoms with E-state index in [9.17, 15) is 0 Å². The summed E-state index contributed by atoms with van der Waals surface area (Å²) in [5.74, 6) is 0.806. The number of aryl methyl sites for hydroxylation is 2. The SMILES string of the molecule is Cc1nn(C)c2c1[nH]c(=S)n2CC1CCC1. The van der Waals surface area contributed by atoms with Crippen LogP contribution in [-0.2, 0) is 13.6 Å². The Bertz CT molecular complexity index is 585.